The number of rotatable bonds is 9. The highest BCUT2D eigenvalue weighted by Crippen LogP contribution is 2.24. The van der Waals surface area contributed by atoms with Crippen LogP contribution in [0.15, 0.2) is 18.2 Å². The van der Waals surface area contributed by atoms with Crippen molar-refractivity contribution in [3.05, 3.63) is 35.2 Å². The van der Waals surface area contributed by atoms with E-state index in [2.05, 4.69) is 57.5 Å². The van der Waals surface area contributed by atoms with Gasteiger partial charge in [0.05, 0.1) is 19.3 Å². The number of anilines is 1. The number of piperazine rings is 1. The summed E-state index contributed by atoms with van der Waals surface area (Å²) in [6, 6.07) is 6.63. The van der Waals surface area contributed by atoms with Gasteiger partial charge in [-0.25, -0.2) is 0 Å². The summed E-state index contributed by atoms with van der Waals surface area (Å²) >= 11 is 0. The molecule has 3 heterocycles. The Bertz CT molecular complexity index is 881. The van der Waals surface area contributed by atoms with Gasteiger partial charge >= 0.3 is 0 Å². The van der Waals surface area contributed by atoms with Gasteiger partial charge in [-0.05, 0) is 56.9 Å². The first-order valence-corrected chi connectivity index (χ1v) is 11.8. The third-order valence-electron chi connectivity index (χ3n) is 6.69. The first-order chi connectivity index (χ1) is 15.5. The average molecular weight is 444 g/mol. The zero-order chi connectivity index (χ0) is 22.5. The summed E-state index contributed by atoms with van der Waals surface area (Å²) in [6.07, 6.45) is 2.41. The van der Waals surface area contributed by atoms with E-state index in [1.807, 2.05) is 6.07 Å². The van der Waals surface area contributed by atoms with Crippen LogP contribution in [0.1, 0.15) is 36.7 Å². The van der Waals surface area contributed by atoms with Crippen molar-refractivity contribution in [3.63, 3.8) is 0 Å². The van der Waals surface area contributed by atoms with Crippen LogP contribution in [-0.2, 0) is 22.6 Å². The highest BCUT2D eigenvalue weighted by Gasteiger charge is 2.29. The van der Waals surface area contributed by atoms with Crippen molar-refractivity contribution >= 4 is 5.95 Å². The van der Waals surface area contributed by atoms with Crippen LogP contribution < -0.4 is 9.64 Å². The van der Waals surface area contributed by atoms with Crippen molar-refractivity contribution in [2.24, 2.45) is 0 Å². The lowest BCUT2D eigenvalue weighted by atomic mass is 10.1. The molecule has 1 aromatic heterocycles. The number of hydrogen-bond acceptors (Lipinski definition) is 7. The molecule has 0 bridgehead atoms. The van der Waals surface area contributed by atoms with E-state index in [0.717, 1.165) is 76.3 Å². The van der Waals surface area contributed by atoms with Gasteiger partial charge in [-0.15, -0.1) is 10.2 Å². The minimum atomic E-state index is 0.213. The Labute approximate surface area is 191 Å². The molecule has 32 heavy (non-hydrogen) atoms. The van der Waals surface area contributed by atoms with E-state index >= 15 is 0 Å². The first-order valence-electron chi connectivity index (χ1n) is 11.8. The molecule has 0 spiro atoms. The Morgan fingerprint density at radius 1 is 1.16 bits per heavy atom. The van der Waals surface area contributed by atoms with Crippen molar-refractivity contribution < 1.29 is 14.2 Å². The van der Waals surface area contributed by atoms with E-state index in [0.29, 0.717) is 12.6 Å². The summed E-state index contributed by atoms with van der Waals surface area (Å²) in [5.74, 6) is 2.64. The van der Waals surface area contributed by atoms with Gasteiger partial charge in [0.1, 0.15) is 12.4 Å². The zero-order valence-electron chi connectivity index (χ0n) is 19.9. The number of methoxy groups -OCH3 is 1. The summed E-state index contributed by atoms with van der Waals surface area (Å²) in [5.41, 5.74) is 2.49. The molecule has 2 saturated heterocycles. The molecule has 0 radical (unpaired) electrons. The topological polar surface area (TPSA) is 64.9 Å². The van der Waals surface area contributed by atoms with Crippen LogP contribution in [0.4, 0.5) is 5.95 Å². The fraction of sp³-hybridized carbons (Fsp3) is 0.667. The Morgan fingerprint density at radius 3 is 2.75 bits per heavy atom. The highest BCUT2D eigenvalue weighted by molar-refractivity contribution is 5.35. The smallest absolute Gasteiger partial charge is 0.227 e. The molecule has 2 fully saturated rings. The second-order valence-electron chi connectivity index (χ2n) is 9.02. The van der Waals surface area contributed by atoms with E-state index in [-0.39, 0.29) is 6.10 Å². The van der Waals surface area contributed by atoms with Crippen LogP contribution in [0.5, 0.6) is 5.75 Å². The molecule has 8 nitrogen and oxygen atoms in total. The van der Waals surface area contributed by atoms with Gasteiger partial charge < -0.3 is 19.1 Å². The predicted octanol–water partition coefficient (Wildman–Crippen LogP) is 2.81. The third kappa shape index (κ3) is 5.42. The lowest BCUT2D eigenvalue weighted by molar-refractivity contribution is 0.0948. The molecule has 0 amide bonds. The monoisotopic (exact) mass is 443 g/mol. The number of benzene rings is 1. The maximum absolute atomic E-state index is 6.11. The molecule has 2 aliphatic rings. The molecule has 1 aromatic carbocycles. The molecular weight excluding hydrogens is 406 g/mol. The molecule has 2 atom stereocenters. The van der Waals surface area contributed by atoms with Crippen LogP contribution in [0.2, 0.25) is 0 Å². The molecule has 0 saturated carbocycles. The zero-order valence-corrected chi connectivity index (χ0v) is 19.9. The summed E-state index contributed by atoms with van der Waals surface area (Å²) in [7, 11) is 1.76. The lowest BCUT2D eigenvalue weighted by Crippen LogP contribution is -2.53. The second-order valence-corrected chi connectivity index (χ2v) is 9.02. The van der Waals surface area contributed by atoms with Gasteiger partial charge in [-0.2, -0.15) is 0 Å². The van der Waals surface area contributed by atoms with Gasteiger partial charge in [-0.3, -0.25) is 9.47 Å². The van der Waals surface area contributed by atoms with Crippen molar-refractivity contribution in [3.8, 4) is 5.75 Å². The maximum Gasteiger partial charge on any atom is 0.227 e. The second kappa shape index (κ2) is 10.6. The number of aromatic nitrogens is 3. The fourth-order valence-corrected chi connectivity index (χ4v) is 4.51. The summed E-state index contributed by atoms with van der Waals surface area (Å²) < 4.78 is 19.5. The van der Waals surface area contributed by atoms with E-state index < -0.39 is 0 Å². The van der Waals surface area contributed by atoms with E-state index in [4.69, 9.17) is 14.2 Å². The minimum Gasteiger partial charge on any atom is -0.486 e. The molecule has 0 aliphatic carbocycles. The van der Waals surface area contributed by atoms with E-state index in [9.17, 15) is 0 Å². The number of aryl methyl sites for hydroxylation is 2. The molecule has 0 N–H and O–H groups in total. The van der Waals surface area contributed by atoms with Crippen LogP contribution in [0.3, 0.4) is 0 Å². The van der Waals surface area contributed by atoms with E-state index in [1.165, 1.54) is 11.1 Å². The predicted molar refractivity (Wildman–Crippen MR) is 124 cm³/mol. The van der Waals surface area contributed by atoms with E-state index in [1.54, 1.807) is 7.11 Å². The average Bonchev–Trinajstić information content (AvgIpc) is 3.44. The summed E-state index contributed by atoms with van der Waals surface area (Å²) in [4.78, 5) is 4.83. The van der Waals surface area contributed by atoms with Crippen LogP contribution >= 0.6 is 0 Å². The number of hydrogen-bond donors (Lipinski definition) is 0. The molecule has 176 valence electrons. The molecule has 4 rings (SSSR count). The Morgan fingerprint density at radius 2 is 2.03 bits per heavy atom. The van der Waals surface area contributed by atoms with Crippen LogP contribution in [-0.4, -0.2) is 78.3 Å². The van der Waals surface area contributed by atoms with Gasteiger partial charge in [-0.1, -0.05) is 6.07 Å². The molecule has 8 heteroatoms. The van der Waals surface area contributed by atoms with Gasteiger partial charge in [0.2, 0.25) is 5.95 Å². The van der Waals surface area contributed by atoms with Gasteiger partial charge in [0.15, 0.2) is 5.82 Å². The molecule has 2 aromatic rings. The minimum absolute atomic E-state index is 0.213. The molecule has 0 unspecified atom stereocenters. The van der Waals surface area contributed by atoms with Gasteiger partial charge in [0, 0.05) is 45.9 Å². The van der Waals surface area contributed by atoms with Crippen molar-refractivity contribution in [2.45, 2.75) is 58.9 Å². The fourth-order valence-electron chi connectivity index (χ4n) is 4.51. The maximum atomic E-state index is 6.11. The Hall–Kier alpha value is -2.16. The number of nitrogens with zero attached hydrogens (tertiary/aromatic N) is 5. The lowest BCUT2D eigenvalue weighted by Gasteiger charge is -2.40. The van der Waals surface area contributed by atoms with Crippen molar-refractivity contribution in [2.75, 3.05) is 51.4 Å². The van der Waals surface area contributed by atoms with Crippen LogP contribution in [0, 0.1) is 13.8 Å². The first kappa shape index (κ1) is 23.0. The van der Waals surface area contributed by atoms with Gasteiger partial charge in [0.25, 0.3) is 0 Å². The largest absolute Gasteiger partial charge is 0.486 e. The highest BCUT2D eigenvalue weighted by atomic mass is 16.5. The van der Waals surface area contributed by atoms with Crippen molar-refractivity contribution in [1.82, 2.24) is 19.7 Å². The quantitative estimate of drug-likeness (QED) is 0.590. The standard InChI is InChI=1S/C24H37N5O3/c1-18-7-8-21(14-19(18)2)32-17-23-25-26-24(29(23)16-22-6-5-12-31-22)28-10-9-27(11-13-30-4)20(3)15-28/h7-8,14,20,22H,5-6,9-13,15-17H2,1-4H3/t20-,22-/m1/s1. The third-order valence-corrected chi connectivity index (χ3v) is 6.69. The summed E-state index contributed by atoms with van der Waals surface area (Å²) in [5, 5.41) is 9.15. The molecular formula is C24H37N5O3. The number of ether oxygens (including phenoxy) is 3. The Kier molecular flexibility index (Phi) is 7.65. The SMILES string of the molecule is COCCN1CCN(c2nnc(COc3ccc(C)c(C)c3)n2C[C@H]2CCCO2)C[C@H]1C. The van der Waals surface area contributed by atoms with Crippen LogP contribution in [0.25, 0.3) is 0 Å². The van der Waals surface area contributed by atoms with Crippen molar-refractivity contribution in [1.29, 1.82) is 0 Å². The molecule has 2 aliphatic heterocycles. The Balaban J connectivity index is 1.49. The normalized spacial score (nSPS) is 21.9. The summed E-state index contributed by atoms with van der Waals surface area (Å²) in [6.45, 7) is 13.1.